The van der Waals surface area contributed by atoms with Crippen LogP contribution in [0.25, 0.3) is 11.3 Å². The van der Waals surface area contributed by atoms with Gasteiger partial charge in [0.05, 0.1) is 6.54 Å². The predicted octanol–water partition coefficient (Wildman–Crippen LogP) is 2.67. The van der Waals surface area contributed by atoms with Crippen LogP contribution in [0.5, 0.6) is 11.5 Å². The van der Waals surface area contributed by atoms with E-state index in [4.69, 9.17) is 13.9 Å². The average Bonchev–Trinajstić information content (AvgIpc) is 3.44. The van der Waals surface area contributed by atoms with Crippen molar-refractivity contribution in [3.8, 4) is 22.8 Å². The molecule has 1 aromatic carbocycles. The minimum Gasteiger partial charge on any atom is -0.459 e. The molecule has 0 aliphatic carbocycles. The van der Waals surface area contributed by atoms with E-state index in [9.17, 15) is 9.59 Å². The van der Waals surface area contributed by atoms with Gasteiger partial charge < -0.3 is 24.5 Å². The van der Waals surface area contributed by atoms with E-state index in [-0.39, 0.29) is 19.9 Å². The number of benzene rings is 1. The van der Waals surface area contributed by atoms with Crippen LogP contribution < -0.4 is 20.1 Å². The lowest BCUT2D eigenvalue weighted by molar-refractivity contribution is -0.139. The number of thiophene rings is 1. The largest absolute Gasteiger partial charge is 0.459 e. The molecule has 1 aliphatic heterocycles. The first kappa shape index (κ1) is 17.2. The van der Waals surface area contributed by atoms with E-state index in [0.29, 0.717) is 17.3 Å². The molecule has 2 N–H and O–H groups in total. The van der Waals surface area contributed by atoms with Crippen LogP contribution in [0.1, 0.15) is 11.3 Å². The third kappa shape index (κ3) is 3.95. The van der Waals surface area contributed by atoms with Gasteiger partial charge in [-0.05, 0) is 41.3 Å². The molecule has 8 heteroatoms. The Hall–Kier alpha value is -3.26. The standard InChI is InChI=1S/C19H16N2O5S/c22-18(20-8-12-1-3-16-17(7-12)25-11-24-16)19(23)21-9-14-2-4-15(26-14)13-5-6-27-10-13/h1-7,10H,8-9,11H2,(H,20,22)(H,21,23). The van der Waals surface area contributed by atoms with E-state index in [1.54, 1.807) is 35.6 Å². The Balaban J connectivity index is 1.26. The lowest BCUT2D eigenvalue weighted by Gasteiger charge is -2.06. The molecule has 0 unspecified atom stereocenters. The molecular formula is C19H16N2O5S. The van der Waals surface area contributed by atoms with Crippen molar-refractivity contribution >= 4 is 23.2 Å². The summed E-state index contributed by atoms with van der Waals surface area (Å²) in [5.74, 6) is 1.18. The molecular weight excluding hydrogens is 368 g/mol. The summed E-state index contributed by atoms with van der Waals surface area (Å²) in [5, 5.41) is 9.06. The molecule has 2 amide bonds. The number of amides is 2. The van der Waals surface area contributed by atoms with Gasteiger partial charge in [-0.15, -0.1) is 0 Å². The van der Waals surface area contributed by atoms with E-state index in [0.717, 1.165) is 16.9 Å². The normalized spacial score (nSPS) is 12.0. The highest BCUT2D eigenvalue weighted by Crippen LogP contribution is 2.32. The van der Waals surface area contributed by atoms with E-state index in [1.165, 1.54) is 0 Å². The molecule has 2 aromatic heterocycles. The van der Waals surface area contributed by atoms with E-state index < -0.39 is 11.8 Å². The van der Waals surface area contributed by atoms with Gasteiger partial charge in [-0.2, -0.15) is 11.3 Å². The Bertz CT molecular complexity index is 964. The lowest BCUT2D eigenvalue weighted by Crippen LogP contribution is -2.39. The monoisotopic (exact) mass is 384 g/mol. The Kier molecular flexibility index (Phi) is 4.80. The maximum atomic E-state index is 12.0. The minimum atomic E-state index is -0.718. The second kappa shape index (κ2) is 7.55. The van der Waals surface area contributed by atoms with Crippen LogP contribution in [0, 0.1) is 0 Å². The van der Waals surface area contributed by atoms with Crippen LogP contribution >= 0.6 is 11.3 Å². The molecule has 0 spiro atoms. The number of rotatable bonds is 5. The average molecular weight is 384 g/mol. The van der Waals surface area contributed by atoms with E-state index >= 15 is 0 Å². The van der Waals surface area contributed by atoms with Crippen molar-refractivity contribution in [2.75, 3.05) is 6.79 Å². The zero-order valence-corrected chi connectivity index (χ0v) is 15.0. The number of nitrogens with one attached hydrogen (secondary N) is 2. The predicted molar refractivity (Wildman–Crippen MR) is 98.3 cm³/mol. The Morgan fingerprint density at radius 3 is 2.59 bits per heavy atom. The molecule has 1 aliphatic rings. The molecule has 0 atom stereocenters. The second-order valence-corrected chi connectivity index (χ2v) is 6.61. The Labute approximate surface area is 158 Å². The van der Waals surface area contributed by atoms with Gasteiger partial charge in [-0.25, -0.2) is 0 Å². The summed E-state index contributed by atoms with van der Waals surface area (Å²) in [6.45, 7) is 0.542. The van der Waals surface area contributed by atoms with Crippen molar-refractivity contribution in [1.82, 2.24) is 10.6 Å². The summed E-state index contributed by atoms with van der Waals surface area (Å²) in [6.07, 6.45) is 0. The number of ether oxygens (including phenoxy) is 2. The van der Waals surface area contributed by atoms with E-state index in [1.807, 2.05) is 22.9 Å². The van der Waals surface area contributed by atoms with Crippen LogP contribution in [-0.4, -0.2) is 18.6 Å². The Morgan fingerprint density at radius 2 is 1.78 bits per heavy atom. The first-order valence-corrected chi connectivity index (χ1v) is 9.19. The third-order valence-corrected chi connectivity index (χ3v) is 4.67. The van der Waals surface area contributed by atoms with Crippen molar-refractivity contribution < 1.29 is 23.5 Å². The minimum absolute atomic E-state index is 0.139. The summed E-state index contributed by atoms with van der Waals surface area (Å²) in [5.41, 5.74) is 1.80. The second-order valence-electron chi connectivity index (χ2n) is 5.83. The number of hydrogen-bond acceptors (Lipinski definition) is 6. The van der Waals surface area contributed by atoms with Crippen molar-refractivity contribution in [2.45, 2.75) is 13.1 Å². The van der Waals surface area contributed by atoms with Gasteiger partial charge in [0.2, 0.25) is 6.79 Å². The van der Waals surface area contributed by atoms with Gasteiger partial charge in [0, 0.05) is 17.5 Å². The zero-order chi connectivity index (χ0) is 18.6. The fourth-order valence-corrected chi connectivity index (χ4v) is 3.24. The molecule has 0 saturated heterocycles. The quantitative estimate of drug-likeness (QED) is 0.660. The summed E-state index contributed by atoms with van der Waals surface area (Å²) in [4.78, 5) is 23.9. The van der Waals surface area contributed by atoms with Gasteiger partial charge in [0.15, 0.2) is 11.5 Å². The van der Waals surface area contributed by atoms with Crippen molar-refractivity contribution in [1.29, 1.82) is 0 Å². The first-order valence-electron chi connectivity index (χ1n) is 8.25. The van der Waals surface area contributed by atoms with Crippen LogP contribution in [0.2, 0.25) is 0 Å². The maximum Gasteiger partial charge on any atom is 0.309 e. The van der Waals surface area contributed by atoms with Gasteiger partial charge in [-0.1, -0.05) is 6.07 Å². The summed E-state index contributed by atoms with van der Waals surface area (Å²) in [6, 6.07) is 10.9. The molecule has 4 rings (SSSR count). The fraction of sp³-hybridized carbons (Fsp3) is 0.158. The Morgan fingerprint density at radius 1 is 0.963 bits per heavy atom. The van der Waals surface area contributed by atoms with Crippen LogP contribution in [0.3, 0.4) is 0 Å². The molecule has 0 saturated carbocycles. The zero-order valence-electron chi connectivity index (χ0n) is 14.2. The number of hydrogen-bond donors (Lipinski definition) is 2. The van der Waals surface area contributed by atoms with E-state index in [2.05, 4.69) is 10.6 Å². The smallest absolute Gasteiger partial charge is 0.309 e. The molecule has 3 aromatic rings. The highest BCUT2D eigenvalue weighted by molar-refractivity contribution is 7.08. The summed E-state index contributed by atoms with van der Waals surface area (Å²) < 4.78 is 16.2. The molecule has 7 nitrogen and oxygen atoms in total. The number of carbonyl (C=O) groups excluding carboxylic acids is 2. The van der Waals surface area contributed by atoms with Crippen LogP contribution in [-0.2, 0) is 22.7 Å². The van der Waals surface area contributed by atoms with Gasteiger partial charge in [-0.3, -0.25) is 9.59 Å². The lowest BCUT2D eigenvalue weighted by atomic mass is 10.2. The van der Waals surface area contributed by atoms with Crippen molar-refractivity contribution in [3.63, 3.8) is 0 Å². The van der Waals surface area contributed by atoms with Crippen LogP contribution in [0.15, 0.2) is 51.6 Å². The highest BCUT2D eigenvalue weighted by Gasteiger charge is 2.16. The SMILES string of the molecule is O=C(NCc1ccc2c(c1)OCO2)C(=O)NCc1ccc(-c2ccsc2)o1. The van der Waals surface area contributed by atoms with Crippen molar-refractivity contribution in [2.24, 2.45) is 0 Å². The fourth-order valence-electron chi connectivity index (χ4n) is 2.59. The van der Waals surface area contributed by atoms with Gasteiger partial charge in [0.25, 0.3) is 0 Å². The molecule has 0 radical (unpaired) electrons. The number of carbonyl (C=O) groups is 2. The number of furan rings is 1. The summed E-state index contributed by atoms with van der Waals surface area (Å²) >= 11 is 1.58. The van der Waals surface area contributed by atoms with Gasteiger partial charge in [0.1, 0.15) is 11.5 Å². The van der Waals surface area contributed by atoms with Gasteiger partial charge >= 0.3 is 11.8 Å². The summed E-state index contributed by atoms with van der Waals surface area (Å²) in [7, 11) is 0. The molecule has 3 heterocycles. The molecule has 27 heavy (non-hydrogen) atoms. The highest BCUT2D eigenvalue weighted by atomic mass is 32.1. The molecule has 0 fully saturated rings. The topological polar surface area (TPSA) is 89.8 Å². The number of fused-ring (bicyclic) bond motifs is 1. The molecule has 0 bridgehead atoms. The third-order valence-electron chi connectivity index (χ3n) is 3.99. The maximum absolute atomic E-state index is 12.0. The first-order chi connectivity index (χ1) is 13.2. The van der Waals surface area contributed by atoms with Crippen LogP contribution in [0.4, 0.5) is 0 Å². The molecule has 138 valence electrons. The van der Waals surface area contributed by atoms with Crippen molar-refractivity contribution in [3.05, 3.63) is 58.5 Å².